The van der Waals surface area contributed by atoms with Crippen LogP contribution in [-0.2, 0) is 14.3 Å². The molecule has 10 nitrogen and oxygen atoms in total. The molecule has 12 heteroatoms. The molecule has 2 heterocycles. The Hall–Kier alpha value is -3.12. The third-order valence-electron chi connectivity index (χ3n) is 9.71. The van der Waals surface area contributed by atoms with Crippen LogP contribution in [0, 0.1) is 26.6 Å². The van der Waals surface area contributed by atoms with Crippen LogP contribution in [0.1, 0.15) is 63.2 Å². The second-order valence-corrected chi connectivity index (χ2v) is 14.1. The molecule has 2 aromatic rings. The Labute approximate surface area is 246 Å². The maximum absolute atomic E-state index is 13.9. The van der Waals surface area contributed by atoms with Crippen LogP contribution in [0.15, 0.2) is 50.3 Å². The number of likely N-dealkylation sites (tertiary alicyclic amines) is 1. The van der Waals surface area contributed by atoms with E-state index in [0.29, 0.717) is 25.3 Å². The van der Waals surface area contributed by atoms with E-state index in [2.05, 4.69) is 36.4 Å². The van der Waals surface area contributed by atoms with E-state index in [4.69, 9.17) is 4.74 Å². The first-order valence-corrected chi connectivity index (χ1v) is 15.7. The van der Waals surface area contributed by atoms with Crippen molar-refractivity contribution in [2.24, 2.45) is 27.1 Å². The maximum atomic E-state index is 13.9. The van der Waals surface area contributed by atoms with Crippen molar-refractivity contribution in [3.8, 4) is 0 Å². The molecule has 0 spiro atoms. The summed E-state index contributed by atoms with van der Waals surface area (Å²) in [7, 11) is 0. The number of hydrogen-bond acceptors (Lipinski definition) is 10. The number of thioether (sulfide) groups is 1. The summed E-state index contributed by atoms with van der Waals surface area (Å²) in [5.74, 6) is -0.576. The zero-order chi connectivity index (χ0) is 29.4. The molecule has 5 atom stereocenters. The number of fused-ring (bicyclic) bond motifs is 2. The number of nitrogens with one attached hydrogen (secondary N) is 1. The molecule has 1 aliphatic heterocycles. The van der Waals surface area contributed by atoms with Gasteiger partial charge in [-0.25, -0.2) is 4.79 Å². The van der Waals surface area contributed by atoms with Crippen LogP contribution in [0.3, 0.4) is 0 Å². The van der Waals surface area contributed by atoms with Gasteiger partial charge in [0.25, 0.3) is 5.91 Å². The predicted molar refractivity (Wildman–Crippen MR) is 157 cm³/mol. The van der Waals surface area contributed by atoms with E-state index in [0.717, 1.165) is 23.5 Å². The lowest BCUT2D eigenvalue weighted by atomic mass is 9.70. The molecule has 2 bridgehead atoms. The number of carbonyl (C=O) groups excluding carboxylic acids is 3. The molecule has 2 saturated carbocycles. The SMILES string of the molecule is CC1(C)C2CCC1(C)C(OC(=O)C1CCCN1C(=O)C(CSc1cccs1)NC(=O)c1ccc(N=O)c(N=O)c1)C2. The summed E-state index contributed by atoms with van der Waals surface area (Å²) in [6, 6.07) is 5.94. The Morgan fingerprint density at radius 2 is 1.93 bits per heavy atom. The molecule has 1 aromatic carbocycles. The summed E-state index contributed by atoms with van der Waals surface area (Å²) in [6.45, 7) is 7.13. The van der Waals surface area contributed by atoms with Gasteiger partial charge in [0.2, 0.25) is 5.91 Å². The Kier molecular flexibility index (Phi) is 8.34. The molecule has 2 amide bonds. The maximum Gasteiger partial charge on any atom is 0.329 e. The van der Waals surface area contributed by atoms with Crippen LogP contribution in [-0.4, -0.2) is 53.2 Å². The number of esters is 1. The molecular weight excluding hydrogens is 564 g/mol. The van der Waals surface area contributed by atoms with Gasteiger partial charge < -0.3 is 15.0 Å². The molecule has 1 saturated heterocycles. The number of ether oxygens (including phenoxy) is 1. The summed E-state index contributed by atoms with van der Waals surface area (Å²) in [4.78, 5) is 64.2. The van der Waals surface area contributed by atoms with Crippen LogP contribution < -0.4 is 5.32 Å². The quantitative estimate of drug-likeness (QED) is 0.196. The standard InChI is InChI=1S/C29H34N4O6S2/c1-28(2)18-10-11-29(28,3)23(15-18)39-27(36)22-6-4-12-33(22)26(35)21(16-41-24-7-5-13-40-24)30-25(34)17-8-9-19(31-37)20(14-17)32-38/h5,7-9,13-14,18,21-23H,4,6,10-12,15-16H2,1-3H3,(H,30,34). The molecule has 218 valence electrons. The Morgan fingerprint density at radius 3 is 2.56 bits per heavy atom. The molecule has 5 unspecified atom stereocenters. The summed E-state index contributed by atoms with van der Waals surface area (Å²) in [6.07, 6.45) is 4.02. The highest BCUT2D eigenvalue weighted by Gasteiger charge is 2.63. The monoisotopic (exact) mass is 598 g/mol. The van der Waals surface area contributed by atoms with Crippen molar-refractivity contribution < 1.29 is 19.1 Å². The molecule has 5 rings (SSSR count). The van der Waals surface area contributed by atoms with E-state index in [9.17, 15) is 24.2 Å². The summed E-state index contributed by atoms with van der Waals surface area (Å²) >= 11 is 2.96. The topological polar surface area (TPSA) is 135 Å². The number of hydrogen-bond donors (Lipinski definition) is 1. The second kappa shape index (κ2) is 11.6. The van der Waals surface area contributed by atoms with Gasteiger partial charge in [0.05, 0.1) is 4.21 Å². The largest absolute Gasteiger partial charge is 0.460 e. The highest BCUT2D eigenvalue weighted by atomic mass is 32.2. The van der Waals surface area contributed by atoms with Crippen molar-refractivity contribution in [3.63, 3.8) is 0 Å². The predicted octanol–water partition coefficient (Wildman–Crippen LogP) is 6.18. The fourth-order valence-electron chi connectivity index (χ4n) is 6.75. The highest BCUT2D eigenvalue weighted by Crippen LogP contribution is 2.66. The molecular formula is C29H34N4O6S2. The van der Waals surface area contributed by atoms with Crippen LogP contribution >= 0.6 is 23.1 Å². The van der Waals surface area contributed by atoms with Crippen molar-refractivity contribution in [1.29, 1.82) is 0 Å². The highest BCUT2D eigenvalue weighted by molar-refractivity contribution is 8.01. The van der Waals surface area contributed by atoms with E-state index in [1.165, 1.54) is 41.3 Å². The summed E-state index contributed by atoms with van der Waals surface area (Å²) in [5.41, 5.74) is -0.363. The third-order valence-corrected chi connectivity index (χ3v) is 11.9. The zero-order valence-corrected chi connectivity index (χ0v) is 25.0. The average Bonchev–Trinajstić information content (AvgIpc) is 3.74. The minimum absolute atomic E-state index is 0.0652. The Balaban J connectivity index is 1.32. The molecule has 1 N–H and O–H groups in total. The van der Waals surface area contributed by atoms with E-state index < -0.39 is 18.0 Å². The van der Waals surface area contributed by atoms with Gasteiger partial charge in [0.1, 0.15) is 29.6 Å². The normalized spacial score (nSPS) is 26.9. The van der Waals surface area contributed by atoms with Gasteiger partial charge in [-0.1, -0.05) is 26.8 Å². The number of benzene rings is 1. The third kappa shape index (κ3) is 5.43. The molecule has 1 aromatic heterocycles. The first kappa shape index (κ1) is 29.4. The van der Waals surface area contributed by atoms with Crippen molar-refractivity contribution in [2.45, 2.75) is 75.3 Å². The number of rotatable bonds is 10. The van der Waals surface area contributed by atoms with E-state index in [-0.39, 0.29) is 51.5 Å². The molecule has 3 fully saturated rings. The minimum atomic E-state index is -0.946. The lowest BCUT2D eigenvalue weighted by molar-refractivity contribution is -0.165. The van der Waals surface area contributed by atoms with Gasteiger partial charge in [0.15, 0.2) is 0 Å². The molecule has 3 aliphatic rings. The van der Waals surface area contributed by atoms with Crippen molar-refractivity contribution >= 4 is 52.3 Å². The fraction of sp³-hybridized carbons (Fsp3) is 0.552. The average molecular weight is 599 g/mol. The Bertz CT molecular complexity index is 1350. The van der Waals surface area contributed by atoms with Gasteiger partial charge in [-0.3, -0.25) is 9.59 Å². The summed E-state index contributed by atoms with van der Waals surface area (Å²) in [5, 5.41) is 10.2. The van der Waals surface area contributed by atoms with E-state index in [1.54, 1.807) is 4.90 Å². The van der Waals surface area contributed by atoms with Crippen LogP contribution in [0.5, 0.6) is 0 Å². The number of amides is 2. The van der Waals surface area contributed by atoms with E-state index >= 15 is 0 Å². The smallest absolute Gasteiger partial charge is 0.329 e. The van der Waals surface area contributed by atoms with Gasteiger partial charge in [-0.15, -0.1) is 32.9 Å². The van der Waals surface area contributed by atoms with Crippen LogP contribution in [0.2, 0.25) is 0 Å². The lowest BCUT2D eigenvalue weighted by Gasteiger charge is -2.39. The minimum Gasteiger partial charge on any atom is -0.460 e. The summed E-state index contributed by atoms with van der Waals surface area (Å²) < 4.78 is 7.13. The number of thiophene rings is 1. The zero-order valence-electron chi connectivity index (χ0n) is 23.3. The lowest BCUT2D eigenvalue weighted by Crippen LogP contribution is -2.53. The number of nitroso groups, excluding NO2 is 2. The van der Waals surface area contributed by atoms with Gasteiger partial charge in [-0.05, 0) is 83.4 Å². The van der Waals surface area contributed by atoms with E-state index in [1.807, 2.05) is 17.5 Å². The molecule has 41 heavy (non-hydrogen) atoms. The van der Waals surface area contributed by atoms with Gasteiger partial charge >= 0.3 is 5.97 Å². The fourth-order valence-corrected chi connectivity index (χ4v) is 8.57. The van der Waals surface area contributed by atoms with Crippen LogP contribution in [0.25, 0.3) is 0 Å². The first-order chi connectivity index (χ1) is 19.6. The second-order valence-electron chi connectivity index (χ2n) is 11.9. The molecule has 0 radical (unpaired) electrons. The number of nitrogens with zero attached hydrogens (tertiary/aromatic N) is 3. The molecule has 2 aliphatic carbocycles. The Morgan fingerprint density at radius 1 is 1.15 bits per heavy atom. The van der Waals surface area contributed by atoms with Gasteiger partial charge in [0, 0.05) is 23.3 Å². The first-order valence-electron chi connectivity index (χ1n) is 13.9. The van der Waals surface area contributed by atoms with Crippen LogP contribution in [0.4, 0.5) is 11.4 Å². The van der Waals surface area contributed by atoms with Crippen molar-refractivity contribution in [2.75, 3.05) is 12.3 Å². The van der Waals surface area contributed by atoms with Gasteiger partial charge in [-0.2, -0.15) is 0 Å². The number of carbonyl (C=O) groups is 3. The van der Waals surface area contributed by atoms with Crippen molar-refractivity contribution in [1.82, 2.24) is 10.2 Å². The van der Waals surface area contributed by atoms with Crippen molar-refractivity contribution in [3.05, 3.63) is 51.1 Å².